The Bertz CT molecular complexity index is 731. The molecule has 1 saturated heterocycles. The number of hydrogen-bond acceptors (Lipinski definition) is 6. The third kappa shape index (κ3) is 1.89. The zero-order chi connectivity index (χ0) is 16.0. The van der Waals surface area contributed by atoms with Gasteiger partial charge in [-0.25, -0.2) is 9.69 Å². The maximum absolute atomic E-state index is 12.6. The average molecular weight is 322 g/mol. The Morgan fingerprint density at radius 2 is 2.09 bits per heavy atom. The van der Waals surface area contributed by atoms with Crippen molar-refractivity contribution in [3.05, 3.63) is 28.8 Å². The van der Waals surface area contributed by atoms with Crippen molar-refractivity contribution >= 4 is 40.8 Å². The number of methoxy groups -OCH3 is 1. The van der Waals surface area contributed by atoms with Gasteiger partial charge in [0.2, 0.25) is 5.91 Å². The Morgan fingerprint density at radius 1 is 1.36 bits per heavy atom. The molecule has 0 unspecified atom stereocenters. The summed E-state index contributed by atoms with van der Waals surface area (Å²) in [5, 5.41) is 4.21. The summed E-state index contributed by atoms with van der Waals surface area (Å²) in [6.07, 6.45) is 0. The van der Waals surface area contributed by atoms with Crippen molar-refractivity contribution in [3.8, 4) is 0 Å². The molecule has 0 radical (unpaired) electrons. The first-order valence-corrected chi connectivity index (χ1v) is 6.89. The summed E-state index contributed by atoms with van der Waals surface area (Å²) in [5.41, 5.74) is 3.47. The van der Waals surface area contributed by atoms with Gasteiger partial charge in [0.05, 0.1) is 12.8 Å². The fourth-order valence-electron chi connectivity index (χ4n) is 2.64. The predicted octanol–water partition coefficient (Wildman–Crippen LogP) is 0.639. The van der Waals surface area contributed by atoms with Gasteiger partial charge in [-0.1, -0.05) is 17.7 Å². The average Bonchev–Trinajstić information content (AvgIpc) is 3.04. The van der Waals surface area contributed by atoms with Crippen LogP contribution in [0.1, 0.15) is 5.56 Å². The van der Waals surface area contributed by atoms with Crippen LogP contribution in [-0.4, -0.2) is 36.6 Å². The van der Waals surface area contributed by atoms with Crippen LogP contribution in [0.5, 0.6) is 0 Å². The normalized spacial score (nSPS) is 23.2. The minimum atomic E-state index is -0.974. The van der Waals surface area contributed by atoms with Crippen molar-refractivity contribution in [1.82, 2.24) is 5.43 Å². The molecule has 1 aromatic carbocycles. The van der Waals surface area contributed by atoms with Crippen molar-refractivity contribution in [1.29, 1.82) is 0 Å². The maximum Gasteiger partial charge on any atom is 0.355 e. The third-order valence-electron chi connectivity index (χ3n) is 3.80. The molecule has 114 valence electrons. The van der Waals surface area contributed by atoms with Gasteiger partial charge in [0.15, 0.2) is 5.71 Å². The minimum Gasteiger partial charge on any atom is -0.464 e. The van der Waals surface area contributed by atoms with E-state index in [1.807, 2.05) is 0 Å². The van der Waals surface area contributed by atoms with Crippen molar-refractivity contribution in [2.45, 2.75) is 13.0 Å². The number of nitrogens with one attached hydrogen (secondary N) is 1. The Hall–Kier alpha value is -2.41. The van der Waals surface area contributed by atoms with Crippen LogP contribution in [0.15, 0.2) is 23.3 Å². The van der Waals surface area contributed by atoms with E-state index in [-0.39, 0.29) is 5.71 Å². The van der Waals surface area contributed by atoms with Crippen LogP contribution >= 0.6 is 11.6 Å². The molecule has 2 amide bonds. The number of ether oxygens (including phenoxy) is 1. The van der Waals surface area contributed by atoms with Crippen LogP contribution in [0.3, 0.4) is 0 Å². The van der Waals surface area contributed by atoms with Crippen LogP contribution in [0.2, 0.25) is 5.02 Å². The van der Waals surface area contributed by atoms with E-state index in [9.17, 15) is 14.4 Å². The fourth-order valence-corrected chi connectivity index (χ4v) is 2.81. The summed E-state index contributed by atoms with van der Waals surface area (Å²) in [6.45, 7) is 1.72. The van der Waals surface area contributed by atoms with E-state index in [0.29, 0.717) is 16.3 Å². The molecule has 2 aliphatic heterocycles. The Kier molecular flexibility index (Phi) is 3.37. The van der Waals surface area contributed by atoms with Gasteiger partial charge in [0, 0.05) is 5.02 Å². The first-order valence-electron chi connectivity index (χ1n) is 6.51. The first kappa shape index (κ1) is 14.5. The zero-order valence-corrected chi connectivity index (χ0v) is 12.5. The Morgan fingerprint density at radius 3 is 2.77 bits per heavy atom. The number of hydrogen-bond donors (Lipinski definition) is 1. The highest BCUT2D eigenvalue weighted by atomic mass is 35.5. The van der Waals surface area contributed by atoms with Crippen LogP contribution in [-0.2, 0) is 19.1 Å². The lowest BCUT2D eigenvalue weighted by atomic mass is 9.99. The Balaban J connectivity index is 2.02. The number of hydrazone groups is 1. The molecule has 0 spiro atoms. The van der Waals surface area contributed by atoms with Gasteiger partial charge in [-0.15, -0.1) is 0 Å². The number of imide groups is 1. The quantitative estimate of drug-likeness (QED) is 0.638. The summed E-state index contributed by atoms with van der Waals surface area (Å²) in [4.78, 5) is 37.8. The monoisotopic (exact) mass is 321 g/mol. The lowest BCUT2D eigenvalue weighted by Gasteiger charge is -2.18. The lowest BCUT2D eigenvalue weighted by molar-refractivity contribution is -0.133. The number of carbonyl (C=O) groups excluding carboxylic acids is 3. The second-order valence-electron chi connectivity index (χ2n) is 4.97. The highest BCUT2D eigenvalue weighted by molar-refractivity contribution is 6.46. The van der Waals surface area contributed by atoms with Crippen LogP contribution in [0, 0.1) is 12.8 Å². The second kappa shape index (κ2) is 5.10. The van der Waals surface area contributed by atoms with Crippen molar-refractivity contribution in [2.24, 2.45) is 11.0 Å². The molecular weight excluding hydrogens is 310 g/mol. The van der Waals surface area contributed by atoms with E-state index in [1.165, 1.54) is 7.11 Å². The van der Waals surface area contributed by atoms with Gasteiger partial charge in [0.25, 0.3) is 5.91 Å². The number of rotatable bonds is 2. The molecule has 2 heterocycles. The van der Waals surface area contributed by atoms with Gasteiger partial charge >= 0.3 is 5.97 Å². The predicted molar refractivity (Wildman–Crippen MR) is 78.5 cm³/mol. The number of amides is 2. The summed E-state index contributed by atoms with van der Waals surface area (Å²) in [7, 11) is 1.19. The number of anilines is 1. The minimum absolute atomic E-state index is 0.0898. The SMILES string of the molecule is COC(=O)C1=NN[C@H]2C(=O)N(c3cccc(Cl)c3C)C(=O)[C@@H]12. The van der Waals surface area contributed by atoms with E-state index in [2.05, 4.69) is 15.3 Å². The van der Waals surface area contributed by atoms with E-state index >= 15 is 0 Å². The van der Waals surface area contributed by atoms with Crippen LogP contribution < -0.4 is 10.3 Å². The summed E-state index contributed by atoms with van der Waals surface area (Å²) < 4.78 is 4.60. The molecule has 1 fully saturated rings. The highest BCUT2D eigenvalue weighted by Gasteiger charge is 2.55. The molecule has 8 heteroatoms. The molecule has 0 aliphatic carbocycles. The molecule has 0 bridgehead atoms. The van der Waals surface area contributed by atoms with Gasteiger partial charge in [-0.3, -0.25) is 15.0 Å². The molecule has 1 aromatic rings. The van der Waals surface area contributed by atoms with E-state index < -0.39 is 29.7 Å². The van der Waals surface area contributed by atoms with Crippen molar-refractivity contribution in [3.63, 3.8) is 0 Å². The molecule has 1 N–H and O–H groups in total. The lowest BCUT2D eigenvalue weighted by Crippen LogP contribution is -2.36. The molecular formula is C14H12ClN3O4. The molecule has 22 heavy (non-hydrogen) atoms. The van der Waals surface area contributed by atoms with E-state index in [4.69, 9.17) is 11.6 Å². The van der Waals surface area contributed by atoms with E-state index in [0.717, 1.165) is 4.90 Å². The summed E-state index contributed by atoms with van der Waals surface area (Å²) in [5.74, 6) is -2.69. The topological polar surface area (TPSA) is 88.1 Å². The van der Waals surface area contributed by atoms with Gasteiger partial charge in [0.1, 0.15) is 12.0 Å². The number of halogens is 1. The molecule has 7 nitrogen and oxygen atoms in total. The first-order chi connectivity index (χ1) is 10.5. The molecule has 2 atom stereocenters. The number of esters is 1. The number of fused-ring (bicyclic) bond motifs is 1. The molecule has 3 rings (SSSR count). The molecule has 0 saturated carbocycles. The van der Waals surface area contributed by atoms with Crippen LogP contribution in [0.25, 0.3) is 0 Å². The fraction of sp³-hybridized carbons (Fsp3) is 0.286. The molecule has 2 aliphatic rings. The largest absolute Gasteiger partial charge is 0.464 e. The smallest absolute Gasteiger partial charge is 0.355 e. The summed E-state index contributed by atoms with van der Waals surface area (Å²) in [6, 6.07) is 4.07. The number of nitrogens with zero attached hydrogens (tertiary/aromatic N) is 2. The van der Waals surface area contributed by atoms with E-state index in [1.54, 1.807) is 25.1 Å². The highest BCUT2D eigenvalue weighted by Crippen LogP contribution is 2.34. The Labute approximate surface area is 130 Å². The molecule has 0 aromatic heterocycles. The second-order valence-corrected chi connectivity index (χ2v) is 5.38. The van der Waals surface area contributed by atoms with Gasteiger partial charge in [-0.05, 0) is 24.6 Å². The van der Waals surface area contributed by atoms with Gasteiger partial charge < -0.3 is 4.74 Å². The van der Waals surface area contributed by atoms with Crippen molar-refractivity contribution < 1.29 is 19.1 Å². The van der Waals surface area contributed by atoms with Crippen LogP contribution in [0.4, 0.5) is 5.69 Å². The third-order valence-corrected chi connectivity index (χ3v) is 4.21. The maximum atomic E-state index is 12.6. The summed E-state index contributed by atoms with van der Waals surface area (Å²) >= 11 is 6.05. The standard InChI is InChI=1S/C14H12ClN3O4/c1-6-7(15)4-3-5-8(6)18-12(19)9-10(13(18)20)16-17-11(9)14(21)22-2/h3-5,9-10,16H,1-2H3/t9-,10-/m1/s1. The number of carbonyl (C=O) groups is 3. The van der Waals surface area contributed by atoms with Crippen molar-refractivity contribution in [2.75, 3.05) is 12.0 Å². The zero-order valence-electron chi connectivity index (χ0n) is 11.8. The van der Waals surface area contributed by atoms with Gasteiger partial charge in [-0.2, -0.15) is 5.10 Å². The number of benzene rings is 1.